The zero-order chi connectivity index (χ0) is 23.8. The van der Waals surface area contributed by atoms with Gasteiger partial charge in [0.2, 0.25) is 17.6 Å². The van der Waals surface area contributed by atoms with E-state index in [1.807, 2.05) is 54.2 Å². The molecule has 2 aromatic carbocycles. The maximum absolute atomic E-state index is 12.7. The zero-order valence-electron chi connectivity index (χ0n) is 18.9. The van der Waals surface area contributed by atoms with Gasteiger partial charge in [0, 0.05) is 33.9 Å². The molecule has 3 aromatic rings. The molecule has 1 N–H and O–H groups in total. The predicted octanol–water partition coefficient (Wildman–Crippen LogP) is 5.80. The monoisotopic (exact) mass is 562 g/mol. The average molecular weight is 564 g/mol. The molecule has 9 heteroatoms. The van der Waals surface area contributed by atoms with Gasteiger partial charge in [0.15, 0.2) is 0 Å². The summed E-state index contributed by atoms with van der Waals surface area (Å²) in [6.45, 7) is 2.90. The largest absolute Gasteiger partial charge is 0.356 e. The Morgan fingerprint density at radius 3 is 3.00 bits per heavy atom. The number of nitrogens with zero attached hydrogens (tertiary/aromatic N) is 3. The summed E-state index contributed by atoms with van der Waals surface area (Å²) in [6.07, 6.45) is 2.84. The molecule has 0 saturated carbocycles. The summed E-state index contributed by atoms with van der Waals surface area (Å²) in [5, 5.41) is 8.05. The molecule has 0 spiro atoms. The molecule has 1 aliphatic rings. The first-order valence-corrected chi connectivity index (χ1v) is 13.8. The molecular formula is C25H28BrClN4O2S. The van der Waals surface area contributed by atoms with Crippen LogP contribution in [0.4, 0.5) is 0 Å². The quantitative estimate of drug-likeness (QED) is 0.314. The van der Waals surface area contributed by atoms with E-state index >= 15 is 0 Å². The van der Waals surface area contributed by atoms with Crippen LogP contribution in [0.15, 0.2) is 57.5 Å². The molecule has 1 unspecified atom stereocenters. The van der Waals surface area contributed by atoms with Gasteiger partial charge in [0.1, 0.15) is 0 Å². The van der Waals surface area contributed by atoms with Crippen molar-refractivity contribution in [3.05, 3.63) is 69.5 Å². The van der Waals surface area contributed by atoms with E-state index in [9.17, 15) is 4.79 Å². The number of benzene rings is 2. The number of likely N-dealkylation sites (tertiary alicyclic amines) is 1. The summed E-state index contributed by atoms with van der Waals surface area (Å²) >= 11 is 11.5. The van der Waals surface area contributed by atoms with Gasteiger partial charge in [-0.15, -0.1) is 0 Å². The van der Waals surface area contributed by atoms with Crippen LogP contribution in [0.1, 0.15) is 30.7 Å². The van der Waals surface area contributed by atoms with Gasteiger partial charge in [-0.25, -0.2) is 0 Å². The van der Waals surface area contributed by atoms with Crippen LogP contribution >= 0.6 is 39.3 Å². The third-order valence-electron chi connectivity index (χ3n) is 5.77. The normalized spacial score (nSPS) is 16.5. The van der Waals surface area contributed by atoms with Gasteiger partial charge in [0.25, 0.3) is 0 Å². The molecule has 1 fully saturated rings. The first-order valence-electron chi connectivity index (χ1n) is 11.5. The van der Waals surface area contributed by atoms with Gasteiger partial charge in [-0.2, -0.15) is 16.7 Å². The molecule has 34 heavy (non-hydrogen) atoms. The Labute approximate surface area is 218 Å². The predicted molar refractivity (Wildman–Crippen MR) is 141 cm³/mol. The maximum Gasteiger partial charge on any atom is 0.241 e. The van der Waals surface area contributed by atoms with E-state index in [4.69, 9.17) is 16.1 Å². The Hall–Kier alpha value is -1.87. The summed E-state index contributed by atoms with van der Waals surface area (Å²) in [5.41, 5.74) is 2.07. The SMILES string of the molecule is O=C(NCCCSCc1ccccc1Cl)C1CCCN(Cc2nc(-c3cccc(Br)c3)no2)C1. The van der Waals surface area contributed by atoms with Gasteiger partial charge in [-0.1, -0.05) is 63.0 Å². The van der Waals surface area contributed by atoms with E-state index < -0.39 is 0 Å². The van der Waals surface area contributed by atoms with Crippen molar-refractivity contribution in [3.8, 4) is 11.4 Å². The van der Waals surface area contributed by atoms with Crippen molar-refractivity contribution in [2.24, 2.45) is 5.92 Å². The van der Waals surface area contributed by atoms with Gasteiger partial charge >= 0.3 is 0 Å². The fourth-order valence-electron chi connectivity index (χ4n) is 4.00. The molecule has 4 rings (SSSR count). The second-order valence-electron chi connectivity index (χ2n) is 8.38. The average Bonchev–Trinajstić information content (AvgIpc) is 3.31. The Balaban J connectivity index is 1.17. The highest BCUT2D eigenvalue weighted by Crippen LogP contribution is 2.23. The van der Waals surface area contributed by atoms with Crippen LogP contribution in [0, 0.1) is 5.92 Å². The highest BCUT2D eigenvalue weighted by atomic mass is 79.9. The molecular weight excluding hydrogens is 536 g/mol. The molecule has 1 aromatic heterocycles. The maximum atomic E-state index is 12.7. The van der Waals surface area contributed by atoms with Crippen LogP contribution in [0.25, 0.3) is 11.4 Å². The molecule has 1 saturated heterocycles. The van der Waals surface area contributed by atoms with E-state index in [0.717, 1.165) is 57.9 Å². The minimum absolute atomic E-state index is 0.00278. The minimum Gasteiger partial charge on any atom is -0.356 e. The Kier molecular flexibility index (Phi) is 9.44. The van der Waals surface area contributed by atoms with Crippen LogP contribution in [0.2, 0.25) is 5.02 Å². The third-order valence-corrected chi connectivity index (χ3v) is 7.72. The second-order valence-corrected chi connectivity index (χ2v) is 10.8. The van der Waals surface area contributed by atoms with E-state index in [1.54, 1.807) is 0 Å². The van der Waals surface area contributed by atoms with Crippen molar-refractivity contribution in [1.82, 2.24) is 20.4 Å². The van der Waals surface area contributed by atoms with Crippen LogP contribution in [0.3, 0.4) is 0 Å². The van der Waals surface area contributed by atoms with Crippen molar-refractivity contribution >= 4 is 45.2 Å². The standard InChI is InChI=1S/C25H28BrClN4O2S/c26-21-9-3-7-18(14-21)24-29-23(33-30-24)16-31-12-4-8-19(15-31)25(32)28-11-5-13-34-17-20-6-1-2-10-22(20)27/h1-3,6-7,9-10,14,19H,4-5,8,11-13,15-17H2,(H,28,32). The zero-order valence-corrected chi connectivity index (χ0v) is 22.0. The van der Waals surface area contributed by atoms with Crippen LogP contribution in [0.5, 0.6) is 0 Å². The summed E-state index contributed by atoms with van der Waals surface area (Å²) in [4.78, 5) is 19.5. The van der Waals surface area contributed by atoms with Gasteiger partial charge in [-0.05, 0) is 55.3 Å². The number of halogens is 2. The van der Waals surface area contributed by atoms with Gasteiger partial charge < -0.3 is 9.84 Å². The number of thioether (sulfide) groups is 1. The Bertz CT molecular complexity index is 1100. The highest BCUT2D eigenvalue weighted by Gasteiger charge is 2.26. The van der Waals surface area contributed by atoms with Crippen molar-refractivity contribution in [1.29, 1.82) is 0 Å². The highest BCUT2D eigenvalue weighted by molar-refractivity contribution is 9.10. The second kappa shape index (κ2) is 12.7. The number of hydrogen-bond acceptors (Lipinski definition) is 6. The van der Waals surface area contributed by atoms with E-state index in [1.165, 1.54) is 0 Å². The molecule has 0 radical (unpaired) electrons. The van der Waals surface area contributed by atoms with Gasteiger partial charge in [-0.3, -0.25) is 9.69 Å². The lowest BCUT2D eigenvalue weighted by atomic mass is 9.97. The molecule has 2 heterocycles. The topological polar surface area (TPSA) is 71.3 Å². The number of amides is 1. The fraction of sp³-hybridized carbons (Fsp3) is 0.400. The van der Waals surface area contributed by atoms with E-state index in [0.29, 0.717) is 31.3 Å². The van der Waals surface area contributed by atoms with E-state index in [2.05, 4.69) is 42.4 Å². The number of carbonyl (C=O) groups is 1. The third kappa shape index (κ3) is 7.31. The van der Waals surface area contributed by atoms with Crippen LogP contribution in [-0.2, 0) is 17.1 Å². The number of hydrogen-bond donors (Lipinski definition) is 1. The lowest BCUT2D eigenvalue weighted by Crippen LogP contribution is -2.43. The Morgan fingerprint density at radius 1 is 1.26 bits per heavy atom. The van der Waals surface area contributed by atoms with Crippen molar-refractivity contribution in [2.45, 2.75) is 31.6 Å². The number of rotatable bonds is 10. The summed E-state index contributed by atoms with van der Waals surface area (Å²) < 4.78 is 6.44. The summed E-state index contributed by atoms with van der Waals surface area (Å²) in [7, 11) is 0. The van der Waals surface area contributed by atoms with Crippen LogP contribution in [-0.4, -0.2) is 46.3 Å². The number of nitrogens with one attached hydrogen (secondary N) is 1. The first kappa shape index (κ1) is 25.2. The number of carbonyl (C=O) groups excluding carboxylic acids is 1. The smallest absolute Gasteiger partial charge is 0.241 e. The molecule has 1 atom stereocenters. The number of piperidine rings is 1. The lowest BCUT2D eigenvalue weighted by Gasteiger charge is -2.30. The lowest BCUT2D eigenvalue weighted by molar-refractivity contribution is -0.126. The number of aromatic nitrogens is 2. The van der Waals surface area contributed by atoms with Crippen molar-refractivity contribution < 1.29 is 9.32 Å². The fourth-order valence-corrected chi connectivity index (χ4v) is 5.64. The molecule has 180 valence electrons. The molecule has 6 nitrogen and oxygen atoms in total. The molecule has 0 bridgehead atoms. The minimum atomic E-state index is -0.00278. The summed E-state index contributed by atoms with van der Waals surface area (Å²) in [6, 6.07) is 15.8. The van der Waals surface area contributed by atoms with Crippen molar-refractivity contribution in [2.75, 3.05) is 25.4 Å². The van der Waals surface area contributed by atoms with Crippen LogP contribution < -0.4 is 5.32 Å². The van der Waals surface area contributed by atoms with E-state index in [-0.39, 0.29) is 11.8 Å². The first-order chi connectivity index (χ1) is 16.6. The molecule has 1 aliphatic heterocycles. The molecule has 0 aliphatic carbocycles. The summed E-state index contributed by atoms with van der Waals surface area (Å²) in [5.74, 6) is 3.17. The van der Waals surface area contributed by atoms with Crippen molar-refractivity contribution in [3.63, 3.8) is 0 Å². The van der Waals surface area contributed by atoms with Gasteiger partial charge in [0.05, 0.1) is 12.5 Å². The molecule has 1 amide bonds. The Morgan fingerprint density at radius 2 is 2.15 bits per heavy atom.